The Labute approximate surface area is 81.6 Å². The first-order valence-corrected chi connectivity index (χ1v) is 4.41. The van der Waals surface area contributed by atoms with Crippen molar-refractivity contribution in [1.29, 1.82) is 0 Å². The van der Waals surface area contributed by atoms with Crippen LogP contribution in [0.3, 0.4) is 0 Å². The molecule has 0 spiro atoms. The summed E-state index contributed by atoms with van der Waals surface area (Å²) in [5, 5.41) is 11.6. The van der Waals surface area contributed by atoms with E-state index in [0.29, 0.717) is 0 Å². The largest absolute Gasteiger partial charge is 0.395 e. The molecule has 0 unspecified atom stereocenters. The number of halogens is 2. The van der Waals surface area contributed by atoms with Gasteiger partial charge >= 0.3 is 0 Å². The Morgan fingerprint density at radius 2 is 2.14 bits per heavy atom. The number of rotatable bonds is 4. The van der Waals surface area contributed by atoms with Crippen molar-refractivity contribution in [3.8, 4) is 0 Å². The van der Waals surface area contributed by atoms with E-state index in [9.17, 15) is 8.78 Å². The van der Waals surface area contributed by atoms with Crippen LogP contribution in [0.1, 0.15) is 12.5 Å². The zero-order chi connectivity index (χ0) is 10.6. The summed E-state index contributed by atoms with van der Waals surface area (Å²) < 4.78 is 25.8. The monoisotopic (exact) mass is 201 g/mol. The molecule has 0 bridgehead atoms. The smallest absolute Gasteiger partial charge is 0.127 e. The summed E-state index contributed by atoms with van der Waals surface area (Å²) in [5.74, 6) is -0.899. The van der Waals surface area contributed by atoms with Crippen LogP contribution >= 0.6 is 0 Å². The molecule has 1 aromatic rings. The first-order chi connectivity index (χ1) is 6.63. The van der Waals surface area contributed by atoms with Crippen molar-refractivity contribution in [1.82, 2.24) is 5.32 Å². The fourth-order valence-electron chi connectivity index (χ4n) is 1.03. The SMILES string of the molecule is C[C@@H](CO)NCc1cc(F)ccc1F. The van der Waals surface area contributed by atoms with E-state index >= 15 is 0 Å². The van der Waals surface area contributed by atoms with Crippen LogP contribution in [0.4, 0.5) is 8.78 Å². The van der Waals surface area contributed by atoms with E-state index in [-0.39, 0.29) is 24.8 Å². The van der Waals surface area contributed by atoms with Gasteiger partial charge in [0.25, 0.3) is 0 Å². The third-order valence-corrected chi connectivity index (χ3v) is 1.92. The topological polar surface area (TPSA) is 32.3 Å². The lowest BCUT2D eigenvalue weighted by Gasteiger charge is -2.10. The molecule has 0 aliphatic rings. The zero-order valence-electron chi connectivity index (χ0n) is 7.93. The normalized spacial score (nSPS) is 12.9. The summed E-state index contributed by atoms with van der Waals surface area (Å²) in [6.07, 6.45) is 0. The third-order valence-electron chi connectivity index (χ3n) is 1.92. The Bertz CT molecular complexity index is 304. The van der Waals surface area contributed by atoms with Gasteiger partial charge in [0, 0.05) is 18.2 Å². The minimum Gasteiger partial charge on any atom is -0.395 e. The van der Waals surface area contributed by atoms with Crippen molar-refractivity contribution in [3.63, 3.8) is 0 Å². The van der Waals surface area contributed by atoms with Gasteiger partial charge in [-0.05, 0) is 25.1 Å². The molecule has 0 aliphatic carbocycles. The van der Waals surface area contributed by atoms with Gasteiger partial charge in [-0.3, -0.25) is 0 Å². The highest BCUT2D eigenvalue weighted by Crippen LogP contribution is 2.09. The third kappa shape index (κ3) is 3.05. The van der Waals surface area contributed by atoms with Gasteiger partial charge in [0.15, 0.2) is 0 Å². The number of benzene rings is 1. The van der Waals surface area contributed by atoms with Crippen LogP contribution in [0.15, 0.2) is 18.2 Å². The maximum atomic E-state index is 13.1. The van der Waals surface area contributed by atoms with Crippen molar-refractivity contribution in [2.24, 2.45) is 0 Å². The molecular formula is C10H13F2NO. The minimum atomic E-state index is -0.458. The van der Waals surface area contributed by atoms with Crippen molar-refractivity contribution in [3.05, 3.63) is 35.4 Å². The first-order valence-electron chi connectivity index (χ1n) is 4.41. The predicted octanol–water partition coefficient (Wildman–Crippen LogP) is 1.44. The molecule has 0 amide bonds. The van der Waals surface area contributed by atoms with E-state index in [1.165, 1.54) is 0 Å². The fraction of sp³-hybridized carbons (Fsp3) is 0.400. The first kappa shape index (κ1) is 11.1. The van der Waals surface area contributed by atoms with Crippen LogP contribution in [-0.2, 0) is 6.54 Å². The average Bonchev–Trinajstić information content (AvgIpc) is 2.19. The van der Waals surface area contributed by atoms with Crippen LogP contribution in [0.2, 0.25) is 0 Å². The number of nitrogens with one attached hydrogen (secondary N) is 1. The van der Waals surface area contributed by atoms with E-state index in [4.69, 9.17) is 5.11 Å². The summed E-state index contributed by atoms with van der Waals surface area (Å²) in [5.41, 5.74) is 0.269. The summed E-state index contributed by atoms with van der Waals surface area (Å²) in [7, 11) is 0. The predicted molar refractivity (Wildman–Crippen MR) is 49.7 cm³/mol. The van der Waals surface area contributed by atoms with Crippen LogP contribution in [0.5, 0.6) is 0 Å². The van der Waals surface area contributed by atoms with Gasteiger partial charge in [0.2, 0.25) is 0 Å². The Balaban J connectivity index is 2.62. The van der Waals surface area contributed by atoms with E-state index in [0.717, 1.165) is 18.2 Å². The van der Waals surface area contributed by atoms with Gasteiger partial charge in [0.05, 0.1) is 6.61 Å². The van der Waals surface area contributed by atoms with Crippen LogP contribution in [-0.4, -0.2) is 17.8 Å². The molecule has 0 saturated carbocycles. The van der Waals surface area contributed by atoms with E-state index < -0.39 is 11.6 Å². The van der Waals surface area contributed by atoms with Crippen molar-refractivity contribution in [2.45, 2.75) is 19.5 Å². The van der Waals surface area contributed by atoms with Gasteiger partial charge in [-0.25, -0.2) is 8.78 Å². The summed E-state index contributed by atoms with van der Waals surface area (Å²) in [6, 6.07) is 3.19. The molecule has 78 valence electrons. The standard InChI is InChI=1S/C10H13F2NO/c1-7(6-14)13-5-8-4-9(11)2-3-10(8)12/h2-4,7,13-14H,5-6H2,1H3/t7-/m0/s1. The molecule has 1 aromatic carbocycles. The second-order valence-corrected chi connectivity index (χ2v) is 3.20. The summed E-state index contributed by atoms with van der Waals surface area (Å²) in [4.78, 5) is 0. The van der Waals surface area contributed by atoms with Crippen molar-refractivity contribution < 1.29 is 13.9 Å². The number of hydrogen-bond donors (Lipinski definition) is 2. The van der Waals surface area contributed by atoms with Gasteiger partial charge < -0.3 is 10.4 Å². The Hall–Kier alpha value is -1.00. The van der Waals surface area contributed by atoms with Crippen LogP contribution < -0.4 is 5.32 Å². The number of aliphatic hydroxyl groups excluding tert-OH is 1. The highest BCUT2D eigenvalue weighted by atomic mass is 19.1. The lowest BCUT2D eigenvalue weighted by Crippen LogP contribution is -2.29. The number of aliphatic hydroxyl groups is 1. The molecule has 0 aromatic heterocycles. The maximum Gasteiger partial charge on any atom is 0.127 e. The highest BCUT2D eigenvalue weighted by molar-refractivity contribution is 5.18. The minimum absolute atomic E-state index is 0.0308. The second kappa shape index (κ2) is 5.02. The average molecular weight is 201 g/mol. The maximum absolute atomic E-state index is 13.1. The van der Waals surface area contributed by atoms with Crippen molar-refractivity contribution >= 4 is 0 Å². The molecule has 4 heteroatoms. The molecule has 0 fully saturated rings. The van der Waals surface area contributed by atoms with E-state index in [2.05, 4.69) is 5.32 Å². The van der Waals surface area contributed by atoms with Crippen LogP contribution in [0.25, 0.3) is 0 Å². The lowest BCUT2D eigenvalue weighted by atomic mass is 10.2. The molecular weight excluding hydrogens is 188 g/mol. The Kier molecular flexibility index (Phi) is 3.98. The molecule has 0 aliphatic heterocycles. The molecule has 1 atom stereocenters. The van der Waals surface area contributed by atoms with Crippen LogP contribution in [0, 0.1) is 11.6 Å². The fourth-order valence-corrected chi connectivity index (χ4v) is 1.03. The highest BCUT2D eigenvalue weighted by Gasteiger charge is 2.05. The van der Waals surface area contributed by atoms with Crippen molar-refractivity contribution in [2.75, 3.05) is 6.61 Å². The summed E-state index contributed by atoms with van der Waals surface area (Å²) >= 11 is 0. The molecule has 2 nitrogen and oxygen atoms in total. The second-order valence-electron chi connectivity index (χ2n) is 3.20. The van der Waals surface area contributed by atoms with Gasteiger partial charge in [0.1, 0.15) is 11.6 Å². The molecule has 1 rings (SSSR count). The zero-order valence-corrected chi connectivity index (χ0v) is 7.93. The van der Waals surface area contributed by atoms with E-state index in [1.54, 1.807) is 6.92 Å². The van der Waals surface area contributed by atoms with Gasteiger partial charge in [-0.15, -0.1) is 0 Å². The van der Waals surface area contributed by atoms with Gasteiger partial charge in [-0.1, -0.05) is 0 Å². The molecule has 14 heavy (non-hydrogen) atoms. The van der Waals surface area contributed by atoms with E-state index in [1.807, 2.05) is 0 Å². The molecule has 0 saturated heterocycles. The Morgan fingerprint density at radius 3 is 2.79 bits per heavy atom. The molecule has 0 radical (unpaired) electrons. The molecule has 2 N–H and O–H groups in total. The van der Waals surface area contributed by atoms with Gasteiger partial charge in [-0.2, -0.15) is 0 Å². The molecule has 0 heterocycles. The Morgan fingerprint density at radius 1 is 1.43 bits per heavy atom. The quantitative estimate of drug-likeness (QED) is 0.772. The summed E-state index contributed by atoms with van der Waals surface area (Å²) in [6.45, 7) is 1.94. The lowest BCUT2D eigenvalue weighted by molar-refractivity contribution is 0.250. The number of hydrogen-bond acceptors (Lipinski definition) is 2.